The number of aromatic amines is 1. The molecule has 0 bridgehead atoms. The smallest absolute Gasteiger partial charge is 0.344 e. The van der Waals surface area contributed by atoms with Crippen molar-refractivity contribution in [2.24, 2.45) is 0 Å². The van der Waals surface area contributed by atoms with E-state index >= 15 is 0 Å². The Bertz CT molecular complexity index is 1170. The maximum Gasteiger partial charge on any atom is 0.344 e. The highest BCUT2D eigenvalue weighted by atomic mass is 32.1. The average Bonchev–Trinajstić information content (AvgIpc) is 3.24. The van der Waals surface area contributed by atoms with Crippen LogP contribution in [0, 0.1) is 13.8 Å². The zero-order valence-electron chi connectivity index (χ0n) is 14.6. The van der Waals surface area contributed by atoms with Crippen molar-refractivity contribution in [2.45, 2.75) is 20.5 Å². The van der Waals surface area contributed by atoms with Gasteiger partial charge < -0.3 is 14.2 Å². The summed E-state index contributed by atoms with van der Waals surface area (Å²) in [5.41, 5.74) is 2.28. The molecule has 0 radical (unpaired) electrons. The largest absolute Gasteiger partial charge is 0.454 e. The quantitative estimate of drug-likeness (QED) is 0.542. The van der Waals surface area contributed by atoms with Gasteiger partial charge in [0.05, 0.1) is 11.1 Å². The predicted octanol–water partition coefficient (Wildman–Crippen LogP) is 3.61. The molecule has 136 valence electrons. The van der Waals surface area contributed by atoms with Gasteiger partial charge in [-0.05, 0) is 19.4 Å². The SMILES string of the molecule is Cc1noc(C)c1C(=O)OCc1nc2scc(-c3ccccc3)c2c(=O)[nH]1. The van der Waals surface area contributed by atoms with E-state index in [4.69, 9.17) is 9.26 Å². The number of aryl methyl sites for hydroxylation is 2. The molecule has 4 rings (SSSR count). The van der Waals surface area contributed by atoms with Crippen molar-refractivity contribution in [1.29, 1.82) is 0 Å². The Balaban J connectivity index is 1.61. The Kier molecular flexibility index (Phi) is 4.33. The molecule has 0 aliphatic heterocycles. The Labute approximate surface area is 157 Å². The summed E-state index contributed by atoms with van der Waals surface area (Å²) < 4.78 is 10.2. The van der Waals surface area contributed by atoms with Gasteiger partial charge in [0.1, 0.15) is 28.6 Å². The molecule has 0 spiro atoms. The second kappa shape index (κ2) is 6.81. The van der Waals surface area contributed by atoms with Crippen LogP contribution in [-0.4, -0.2) is 21.1 Å². The van der Waals surface area contributed by atoms with Crippen LogP contribution in [0.25, 0.3) is 21.3 Å². The number of hydrogen-bond acceptors (Lipinski definition) is 7. The summed E-state index contributed by atoms with van der Waals surface area (Å²) in [5.74, 6) is 0.111. The van der Waals surface area contributed by atoms with E-state index in [1.807, 2.05) is 35.7 Å². The number of rotatable bonds is 4. The lowest BCUT2D eigenvalue weighted by Crippen LogP contribution is -2.14. The summed E-state index contributed by atoms with van der Waals surface area (Å²) in [6.07, 6.45) is 0. The van der Waals surface area contributed by atoms with Crippen LogP contribution in [-0.2, 0) is 11.3 Å². The number of fused-ring (bicyclic) bond motifs is 1. The molecular formula is C19H15N3O4S. The van der Waals surface area contributed by atoms with E-state index in [1.165, 1.54) is 11.3 Å². The number of ether oxygens (including phenoxy) is 1. The van der Waals surface area contributed by atoms with E-state index in [-0.39, 0.29) is 18.0 Å². The van der Waals surface area contributed by atoms with Crippen LogP contribution in [0.2, 0.25) is 0 Å². The first-order chi connectivity index (χ1) is 13.0. The molecule has 7 nitrogen and oxygen atoms in total. The van der Waals surface area contributed by atoms with E-state index in [0.29, 0.717) is 27.2 Å². The summed E-state index contributed by atoms with van der Waals surface area (Å²) in [6.45, 7) is 3.15. The number of nitrogens with one attached hydrogen (secondary N) is 1. The number of hydrogen-bond donors (Lipinski definition) is 1. The highest BCUT2D eigenvalue weighted by Crippen LogP contribution is 2.30. The number of esters is 1. The number of carbonyl (C=O) groups is 1. The normalized spacial score (nSPS) is 11.0. The van der Waals surface area contributed by atoms with Crippen molar-refractivity contribution in [3.63, 3.8) is 0 Å². The summed E-state index contributed by atoms with van der Waals surface area (Å²) >= 11 is 1.38. The van der Waals surface area contributed by atoms with Crippen LogP contribution < -0.4 is 5.56 Å². The molecule has 0 amide bonds. The molecule has 3 aromatic heterocycles. The van der Waals surface area contributed by atoms with Gasteiger partial charge in [0.2, 0.25) is 0 Å². The first-order valence-corrected chi connectivity index (χ1v) is 9.08. The standard InChI is InChI=1S/C19H15N3O4S/c1-10-15(11(2)26-22-10)19(24)25-8-14-20-17(23)16-13(9-27-18(16)21-14)12-6-4-3-5-7-12/h3-7,9H,8H2,1-2H3,(H,20,21,23). The third kappa shape index (κ3) is 3.15. The third-order valence-corrected chi connectivity index (χ3v) is 5.03. The highest BCUT2D eigenvalue weighted by Gasteiger charge is 2.20. The van der Waals surface area contributed by atoms with Gasteiger partial charge >= 0.3 is 5.97 Å². The molecule has 0 aliphatic carbocycles. The zero-order valence-corrected chi connectivity index (χ0v) is 15.4. The molecule has 0 aliphatic rings. The van der Waals surface area contributed by atoms with Crippen molar-refractivity contribution in [1.82, 2.24) is 15.1 Å². The average molecular weight is 381 g/mol. The lowest BCUT2D eigenvalue weighted by molar-refractivity contribution is 0.0459. The topological polar surface area (TPSA) is 98.1 Å². The summed E-state index contributed by atoms with van der Waals surface area (Å²) in [6, 6.07) is 9.65. The van der Waals surface area contributed by atoms with Crippen LogP contribution in [0.3, 0.4) is 0 Å². The lowest BCUT2D eigenvalue weighted by atomic mass is 10.1. The van der Waals surface area contributed by atoms with Gasteiger partial charge in [0, 0.05) is 10.9 Å². The highest BCUT2D eigenvalue weighted by molar-refractivity contribution is 7.17. The minimum absolute atomic E-state index is 0.146. The summed E-state index contributed by atoms with van der Waals surface area (Å²) in [7, 11) is 0. The van der Waals surface area contributed by atoms with Crippen LogP contribution in [0.5, 0.6) is 0 Å². The fourth-order valence-corrected chi connectivity index (χ4v) is 3.84. The molecule has 0 saturated carbocycles. The molecule has 1 aromatic carbocycles. The lowest BCUT2D eigenvalue weighted by Gasteiger charge is -2.04. The maximum atomic E-state index is 12.6. The number of thiophene rings is 1. The fourth-order valence-electron chi connectivity index (χ4n) is 2.87. The van der Waals surface area contributed by atoms with Gasteiger partial charge in [-0.3, -0.25) is 4.79 Å². The van der Waals surface area contributed by atoms with Crippen LogP contribution in [0.15, 0.2) is 45.0 Å². The molecule has 3 heterocycles. The summed E-state index contributed by atoms with van der Waals surface area (Å²) in [4.78, 5) is 32.5. The Morgan fingerprint density at radius 2 is 2.04 bits per heavy atom. The number of aromatic nitrogens is 3. The zero-order chi connectivity index (χ0) is 19.0. The monoisotopic (exact) mass is 381 g/mol. The minimum Gasteiger partial charge on any atom is -0.454 e. The van der Waals surface area contributed by atoms with E-state index in [9.17, 15) is 9.59 Å². The van der Waals surface area contributed by atoms with E-state index < -0.39 is 5.97 Å². The van der Waals surface area contributed by atoms with Crippen molar-refractivity contribution in [2.75, 3.05) is 0 Å². The van der Waals surface area contributed by atoms with Gasteiger partial charge in [-0.25, -0.2) is 9.78 Å². The van der Waals surface area contributed by atoms with Gasteiger partial charge in [-0.1, -0.05) is 35.5 Å². The maximum absolute atomic E-state index is 12.6. The second-order valence-corrected chi connectivity index (χ2v) is 6.84. The molecule has 4 aromatic rings. The van der Waals surface area contributed by atoms with Gasteiger partial charge in [0.25, 0.3) is 5.56 Å². The van der Waals surface area contributed by atoms with Crippen molar-refractivity contribution >= 4 is 27.5 Å². The van der Waals surface area contributed by atoms with Crippen molar-refractivity contribution in [3.8, 4) is 11.1 Å². The van der Waals surface area contributed by atoms with Gasteiger partial charge in [-0.15, -0.1) is 11.3 Å². The molecule has 27 heavy (non-hydrogen) atoms. The van der Waals surface area contributed by atoms with E-state index in [1.54, 1.807) is 13.8 Å². The molecule has 8 heteroatoms. The number of H-pyrrole nitrogens is 1. The van der Waals surface area contributed by atoms with E-state index in [2.05, 4.69) is 15.1 Å². The van der Waals surface area contributed by atoms with Crippen LogP contribution >= 0.6 is 11.3 Å². The van der Waals surface area contributed by atoms with E-state index in [0.717, 1.165) is 11.1 Å². The summed E-state index contributed by atoms with van der Waals surface area (Å²) in [5, 5.41) is 6.17. The predicted molar refractivity (Wildman–Crippen MR) is 101 cm³/mol. The molecule has 0 saturated heterocycles. The first-order valence-electron chi connectivity index (χ1n) is 8.20. The number of nitrogens with zero attached hydrogens (tertiary/aromatic N) is 2. The fraction of sp³-hybridized carbons (Fsp3) is 0.158. The number of carbonyl (C=O) groups excluding carboxylic acids is 1. The molecule has 1 N–H and O–H groups in total. The van der Waals surface area contributed by atoms with Gasteiger partial charge in [0.15, 0.2) is 0 Å². The third-order valence-electron chi connectivity index (χ3n) is 4.16. The van der Waals surface area contributed by atoms with Crippen molar-refractivity contribution in [3.05, 3.63) is 68.9 Å². The molecule has 0 unspecified atom stereocenters. The Hall–Kier alpha value is -3.26. The Morgan fingerprint density at radius 1 is 1.26 bits per heavy atom. The molecule has 0 atom stereocenters. The molecule has 0 fully saturated rings. The van der Waals surface area contributed by atoms with Gasteiger partial charge in [-0.2, -0.15) is 0 Å². The van der Waals surface area contributed by atoms with Crippen LogP contribution in [0.1, 0.15) is 27.6 Å². The first kappa shape index (κ1) is 17.2. The molecular weight excluding hydrogens is 366 g/mol. The van der Waals surface area contributed by atoms with Crippen molar-refractivity contribution < 1.29 is 14.1 Å². The number of benzene rings is 1. The Morgan fingerprint density at radius 3 is 2.74 bits per heavy atom. The van der Waals surface area contributed by atoms with Crippen LogP contribution in [0.4, 0.5) is 0 Å². The second-order valence-electron chi connectivity index (χ2n) is 5.98. The minimum atomic E-state index is -0.565.